The Bertz CT molecular complexity index is 599. The quantitative estimate of drug-likeness (QED) is 0.766. The van der Waals surface area contributed by atoms with Gasteiger partial charge in [0, 0.05) is 25.7 Å². The van der Waals surface area contributed by atoms with Gasteiger partial charge in [-0.1, -0.05) is 19.1 Å². The highest BCUT2D eigenvalue weighted by Gasteiger charge is 2.22. The Labute approximate surface area is 142 Å². The fraction of sp³-hybridized carbons (Fsp3) is 0.556. The number of hydrogen-bond donors (Lipinski definition) is 2. The Hall–Kier alpha value is -2.24. The summed E-state index contributed by atoms with van der Waals surface area (Å²) in [5, 5.41) is 11.7. The number of benzene rings is 1. The molecule has 6 heteroatoms. The molecule has 1 saturated carbocycles. The average Bonchev–Trinajstić information content (AvgIpc) is 3.35. The van der Waals surface area contributed by atoms with Gasteiger partial charge in [0.15, 0.2) is 0 Å². The summed E-state index contributed by atoms with van der Waals surface area (Å²) in [6.07, 6.45) is 2.45. The SMILES string of the molecule is Cc1ccc(CNC(=O)N(C)CC(C)C(=O)O)c(OCC2CC2)c1. The van der Waals surface area contributed by atoms with Crippen LogP contribution in [0.15, 0.2) is 18.2 Å². The highest BCUT2D eigenvalue weighted by atomic mass is 16.5. The molecule has 2 rings (SSSR count). The Morgan fingerprint density at radius 2 is 2.12 bits per heavy atom. The Balaban J connectivity index is 1.90. The monoisotopic (exact) mass is 334 g/mol. The number of carboxylic acid groups (broad SMARTS) is 1. The van der Waals surface area contributed by atoms with Crippen molar-refractivity contribution in [1.29, 1.82) is 0 Å². The number of ether oxygens (including phenoxy) is 1. The Morgan fingerprint density at radius 3 is 2.75 bits per heavy atom. The predicted molar refractivity (Wildman–Crippen MR) is 91.1 cm³/mol. The first-order chi connectivity index (χ1) is 11.4. The van der Waals surface area contributed by atoms with Crippen LogP contribution in [0.5, 0.6) is 5.75 Å². The molecule has 0 spiro atoms. The maximum atomic E-state index is 12.1. The molecule has 1 fully saturated rings. The molecule has 6 nitrogen and oxygen atoms in total. The van der Waals surface area contributed by atoms with Crippen LogP contribution < -0.4 is 10.1 Å². The van der Waals surface area contributed by atoms with Crippen LogP contribution in [0.25, 0.3) is 0 Å². The summed E-state index contributed by atoms with van der Waals surface area (Å²) >= 11 is 0. The predicted octanol–water partition coefficient (Wildman–Crippen LogP) is 2.65. The lowest BCUT2D eigenvalue weighted by Gasteiger charge is -2.20. The zero-order chi connectivity index (χ0) is 17.7. The standard InChI is InChI=1S/C18H26N2O4/c1-12-4-7-15(16(8-12)24-11-14-5-6-14)9-19-18(23)20(3)10-13(2)17(21)22/h4,7-8,13-14H,5-6,9-11H2,1-3H3,(H,19,23)(H,21,22). The van der Waals surface area contributed by atoms with Gasteiger partial charge in [-0.25, -0.2) is 4.79 Å². The first-order valence-corrected chi connectivity index (χ1v) is 8.31. The van der Waals surface area contributed by atoms with E-state index in [4.69, 9.17) is 9.84 Å². The van der Waals surface area contributed by atoms with E-state index in [1.807, 2.05) is 25.1 Å². The molecule has 1 aliphatic carbocycles. The third-order valence-electron chi connectivity index (χ3n) is 4.14. The smallest absolute Gasteiger partial charge is 0.317 e. The third-order valence-corrected chi connectivity index (χ3v) is 4.14. The fourth-order valence-electron chi connectivity index (χ4n) is 2.31. The first kappa shape index (κ1) is 18.1. The van der Waals surface area contributed by atoms with E-state index in [2.05, 4.69) is 5.32 Å². The minimum Gasteiger partial charge on any atom is -0.493 e. The zero-order valence-corrected chi connectivity index (χ0v) is 14.5. The van der Waals surface area contributed by atoms with Crippen LogP contribution in [0.1, 0.15) is 30.9 Å². The molecule has 1 aromatic rings. The van der Waals surface area contributed by atoms with Crippen LogP contribution in [-0.2, 0) is 11.3 Å². The molecule has 1 aromatic carbocycles. The van der Waals surface area contributed by atoms with Crippen molar-refractivity contribution in [3.63, 3.8) is 0 Å². The van der Waals surface area contributed by atoms with Crippen molar-refractivity contribution in [2.75, 3.05) is 20.2 Å². The summed E-state index contributed by atoms with van der Waals surface area (Å²) in [7, 11) is 1.59. The zero-order valence-electron chi connectivity index (χ0n) is 14.5. The molecule has 0 aliphatic heterocycles. The maximum Gasteiger partial charge on any atom is 0.317 e. The molecular formula is C18H26N2O4. The number of nitrogens with one attached hydrogen (secondary N) is 1. The van der Waals surface area contributed by atoms with Gasteiger partial charge in [0.1, 0.15) is 5.75 Å². The second-order valence-electron chi connectivity index (χ2n) is 6.64. The molecule has 0 heterocycles. The second kappa shape index (κ2) is 8.04. The molecule has 0 saturated heterocycles. The minimum absolute atomic E-state index is 0.167. The number of carbonyl (C=O) groups excluding carboxylic acids is 1. The summed E-state index contributed by atoms with van der Waals surface area (Å²) in [6.45, 7) is 4.83. The molecule has 24 heavy (non-hydrogen) atoms. The number of nitrogens with zero attached hydrogens (tertiary/aromatic N) is 1. The Kier molecular flexibility index (Phi) is 6.06. The van der Waals surface area contributed by atoms with Crippen LogP contribution in [0.2, 0.25) is 0 Å². The summed E-state index contributed by atoms with van der Waals surface area (Å²) in [5.41, 5.74) is 2.04. The topological polar surface area (TPSA) is 78.9 Å². The van der Waals surface area contributed by atoms with Crippen LogP contribution in [0, 0.1) is 18.8 Å². The molecule has 0 aromatic heterocycles. The summed E-state index contributed by atoms with van der Waals surface area (Å²) in [6, 6.07) is 5.64. The molecular weight excluding hydrogens is 308 g/mol. The van der Waals surface area contributed by atoms with Crippen LogP contribution >= 0.6 is 0 Å². The van der Waals surface area contributed by atoms with E-state index in [9.17, 15) is 9.59 Å². The van der Waals surface area contributed by atoms with Gasteiger partial charge in [-0.05, 0) is 37.3 Å². The third kappa shape index (κ3) is 5.44. The summed E-state index contributed by atoms with van der Waals surface area (Å²) < 4.78 is 5.89. The molecule has 1 aliphatic rings. The van der Waals surface area contributed by atoms with Crippen molar-refractivity contribution >= 4 is 12.0 Å². The van der Waals surface area contributed by atoms with Gasteiger partial charge in [-0.15, -0.1) is 0 Å². The number of carboxylic acids is 1. The van der Waals surface area contributed by atoms with Gasteiger partial charge >= 0.3 is 12.0 Å². The van der Waals surface area contributed by atoms with Gasteiger partial charge in [-0.3, -0.25) is 4.79 Å². The van der Waals surface area contributed by atoms with Crippen molar-refractivity contribution in [1.82, 2.24) is 10.2 Å². The number of aliphatic carboxylic acids is 1. The van der Waals surface area contributed by atoms with Crippen molar-refractivity contribution in [2.24, 2.45) is 11.8 Å². The first-order valence-electron chi connectivity index (χ1n) is 8.31. The molecule has 1 atom stereocenters. The van der Waals surface area contributed by atoms with Gasteiger partial charge in [-0.2, -0.15) is 0 Å². The van der Waals surface area contributed by atoms with Crippen LogP contribution in [0.3, 0.4) is 0 Å². The lowest BCUT2D eigenvalue weighted by atomic mass is 10.1. The van der Waals surface area contributed by atoms with E-state index in [-0.39, 0.29) is 12.6 Å². The second-order valence-corrected chi connectivity index (χ2v) is 6.64. The van der Waals surface area contributed by atoms with Crippen molar-refractivity contribution in [2.45, 2.75) is 33.2 Å². The van der Waals surface area contributed by atoms with Crippen molar-refractivity contribution in [3.05, 3.63) is 29.3 Å². The molecule has 2 amide bonds. The number of urea groups is 1. The number of aryl methyl sites for hydroxylation is 1. The van der Waals surface area contributed by atoms with Gasteiger partial charge in [0.25, 0.3) is 0 Å². The molecule has 1 unspecified atom stereocenters. The molecule has 2 N–H and O–H groups in total. The summed E-state index contributed by atoms with van der Waals surface area (Å²) in [5.74, 6) is -0.0399. The maximum absolute atomic E-state index is 12.1. The molecule has 132 valence electrons. The normalized spacial score (nSPS) is 14.8. The fourth-order valence-corrected chi connectivity index (χ4v) is 2.31. The number of hydrogen-bond acceptors (Lipinski definition) is 3. The van der Waals surface area contributed by atoms with Crippen molar-refractivity contribution in [3.8, 4) is 5.75 Å². The van der Waals surface area contributed by atoms with Gasteiger partial charge in [0.2, 0.25) is 0 Å². The largest absolute Gasteiger partial charge is 0.493 e. The highest BCUT2D eigenvalue weighted by molar-refractivity contribution is 5.75. The van der Waals surface area contributed by atoms with E-state index in [0.717, 1.165) is 23.5 Å². The Morgan fingerprint density at radius 1 is 1.42 bits per heavy atom. The van der Waals surface area contributed by atoms with E-state index in [0.29, 0.717) is 12.5 Å². The lowest BCUT2D eigenvalue weighted by molar-refractivity contribution is -0.141. The van der Waals surface area contributed by atoms with E-state index in [1.54, 1.807) is 14.0 Å². The molecule has 0 bridgehead atoms. The van der Waals surface area contributed by atoms with E-state index < -0.39 is 11.9 Å². The summed E-state index contributed by atoms with van der Waals surface area (Å²) in [4.78, 5) is 24.4. The van der Waals surface area contributed by atoms with Crippen molar-refractivity contribution < 1.29 is 19.4 Å². The van der Waals surface area contributed by atoms with E-state index >= 15 is 0 Å². The van der Waals surface area contributed by atoms with Gasteiger partial charge in [0.05, 0.1) is 12.5 Å². The van der Waals surface area contributed by atoms with Crippen LogP contribution in [-0.4, -0.2) is 42.2 Å². The van der Waals surface area contributed by atoms with Crippen LogP contribution in [0.4, 0.5) is 4.79 Å². The average molecular weight is 334 g/mol. The van der Waals surface area contributed by atoms with E-state index in [1.165, 1.54) is 17.7 Å². The highest BCUT2D eigenvalue weighted by Crippen LogP contribution is 2.30. The minimum atomic E-state index is -0.913. The van der Waals surface area contributed by atoms with Gasteiger partial charge < -0.3 is 20.1 Å². The molecule has 0 radical (unpaired) electrons. The number of rotatable bonds is 8. The number of amides is 2. The lowest BCUT2D eigenvalue weighted by Crippen LogP contribution is -2.40. The number of carbonyl (C=O) groups is 2.